The number of rotatable bonds is 4. The van der Waals surface area contributed by atoms with Gasteiger partial charge >= 0.3 is 0 Å². The molecule has 0 atom stereocenters. The molecule has 1 aromatic carbocycles. The molecule has 4 nitrogen and oxygen atoms in total. The van der Waals surface area contributed by atoms with Crippen LogP contribution in [0.15, 0.2) is 18.2 Å². The molecule has 20 heavy (non-hydrogen) atoms. The summed E-state index contributed by atoms with van der Waals surface area (Å²) in [6.07, 6.45) is 4.99. The first kappa shape index (κ1) is 13.0. The van der Waals surface area contributed by atoms with Gasteiger partial charge in [0.25, 0.3) is 0 Å². The number of methoxy groups -OCH3 is 1. The van der Waals surface area contributed by atoms with Gasteiger partial charge in [0.05, 0.1) is 12.7 Å². The zero-order chi connectivity index (χ0) is 14.1. The van der Waals surface area contributed by atoms with Crippen LogP contribution in [0.25, 0.3) is 11.1 Å². The molecule has 3 N–H and O–H groups in total. The van der Waals surface area contributed by atoms with Crippen molar-refractivity contribution in [2.24, 2.45) is 5.92 Å². The first-order valence-corrected chi connectivity index (χ1v) is 7.16. The summed E-state index contributed by atoms with van der Waals surface area (Å²) in [7, 11) is 1.69. The second kappa shape index (κ2) is 5.19. The van der Waals surface area contributed by atoms with Crippen LogP contribution in [0.4, 0.5) is 5.82 Å². The molecule has 2 aromatic rings. The fraction of sp³-hybridized carbons (Fsp3) is 0.438. The topological polar surface area (TPSA) is 63.9 Å². The van der Waals surface area contributed by atoms with Gasteiger partial charge in [0.1, 0.15) is 5.75 Å². The maximum atomic E-state index is 6.08. The van der Waals surface area contributed by atoms with Crippen LogP contribution in [-0.2, 0) is 6.42 Å². The van der Waals surface area contributed by atoms with Crippen LogP contribution in [0.1, 0.15) is 30.5 Å². The minimum atomic E-state index is 0.559. The van der Waals surface area contributed by atoms with Crippen LogP contribution in [0, 0.1) is 12.8 Å². The maximum absolute atomic E-state index is 6.08. The molecule has 0 bridgehead atoms. The average Bonchev–Trinajstić information content (AvgIpc) is 2.75. The molecule has 0 aliphatic heterocycles. The van der Waals surface area contributed by atoms with Crippen molar-refractivity contribution >= 4 is 5.82 Å². The third kappa shape index (κ3) is 2.26. The summed E-state index contributed by atoms with van der Waals surface area (Å²) < 4.78 is 5.48. The Morgan fingerprint density at radius 1 is 1.40 bits per heavy atom. The van der Waals surface area contributed by atoms with Gasteiger partial charge in [0.15, 0.2) is 5.82 Å². The van der Waals surface area contributed by atoms with Crippen molar-refractivity contribution in [3.05, 3.63) is 29.5 Å². The van der Waals surface area contributed by atoms with E-state index < -0.39 is 0 Å². The first-order chi connectivity index (χ1) is 9.69. The van der Waals surface area contributed by atoms with Crippen LogP contribution < -0.4 is 10.5 Å². The molecule has 3 rings (SSSR count). The van der Waals surface area contributed by atoms with Crippen molar-refractivity contribution in [3.8, 4) is 16.9 Å². The molecule has 0 unspecified atom stereocenters. The third-order valence-electron chi connectivity index (χ3n) is 4.21. The standard InChI is InChI=1S/C16H21N3O/c1-10-6-7-14(20-2)12(8-10)15-13(18-19-16(15)17)9-11-4-3-5-11/h6-8,11H,3-5,9H2,1-2H3,(H3,17,18,19). The summed E-state index contributed by atoms with van der Waals surface area (Å²) >= 11 is 0. The quantitative estimate of drug-likeness (QED) is 0.896. The van der Waals surface area contributed by atoms with E-state index >= 15 is 0 Å². The third-order valence-corrected chi connectivity index (χ3v) is 4.21. The van der Waals surface area contributed by atoms with E-state index in [1.807, 2.05) is 12.1 Å². The Kier molecular flexibility index (Phi) is 3.38. The van der Waals surface area contributed by atoms with Gasteiger partial charge in [0.2, 0.25) is 0 Å². The molecular weight excluding hydrogens is 250 g/mol. The van der Waals surface area contributed by atoms with E-state index in [2.05, 4.69) is 23.2 Å². The Morgan fingerprint density at radius 3 is 2.85 bits per heavy atom. The van der Waals surface area contributed by atoms with E-state index in [1.54, 1.807) is 7.11 Å². The van der Waals surface area contributed by atoms with Crippen LogP contribution in [0.2, 0.25) is 0 Å². The number of nitrogens with zero attached hydrogens (tertiary/aromatic N) is 1. The molecule has 1 saturated carbocycles. The van der Waals surface area contributed by atoms with Crippen molar-refractivity contribution < 1.29 is 4.74 Å². The number of aromatic nitrogens is 2. The smallest absolute Gasteiger partial charge is 0.153 e. The zero-order valence-electron chi connectivity index (χ0n) is 12.1. The lowest BCUT2D eigenvalue weighted by Crippen LogP contribution is -2.14. The molecule has 1 fully saturated rings. The van der Waals surface area contributed by atoms with Gasteiger partial charge < -0.3 is 10.5 Å². The molecular formula is C16H21N3O. The lowest BCUT2D eigenvalue weighted by molar-refractivity contribution is 0.312. The van der Waals surface area contributed by atoms with Gasteiger partial charge in [-0.2, -0.15) is 5.10 Å². The van der Waals surface area contributed by atoms with Crippen molar-refractivity contribution in [1.82, 2.24) is 10.2 Å². The number of nitrogens with one attached hydrogen (secondary N) is 1. The molecule has 0 saturated heterocycles. The summed E-state index contributed by atoms with van der Waals surface area (Å²) in [5.41, 5.74) is 10.5. The van der Waals surface area contributed by atoms with Crippen LogP contribution in [0.5, 0.6) is 5.75 Å². The number of hydrogen-bond donors (Lipinski definition) is 2. The number of H-pyrrole nitrogens is 1. The monoisotopic (exact) mass is 271 g/mol. The van der Waals surface area contributed by atoms with Crippen molar-refractivity contribution in [2.45, 2.75) is 32.6 Å². The summed E-state index contributed by atoms with van der Waals surface area (Å²) in [6, 6.07) is 6.15. The highest BCUT2D eigenvalue weighted by molar-refractivity contribution is 5.81. The van der Waals surface area contributed by atoms with Crippen LogP contribution >= 0.6 is 0 Å². The molecule has 0 radical (unpaired) electrons. The normalized spacial score (nSPS) is 15.1. The summed E-state index contributed by atoms with van der Waals surface area (Å²) in [6.45, 7) is 2.07. The number of aryl methyl sites for hydroxylation is 1. The van der Waals surface area contributed by atoms with Crippen LogP contribution in [0.3, 0.4) is 0 Å². The van der Waals surface area contributed by atoms with Crippen molar-refractivity contribution in [3.63, 3.8) is 0 Å². The van der Waals surface area contributed by atoms with Crippen LogP contribution in [-0.4, -0.2) is 17.3 Å². The molecule has 106 valence electrons. The summed E-state index contributed by atoms with van der Waals surface area (Å²) in [5, 5.41) is 7.32. The highest BCUT2D eigenvalue weighted by Gasteiger charge is 2.23. The second-order valence-corrected chi connectivity index (χ2v) is 5.67. The fourth-order valence-electron chi connectivity index (χ4n) is 2.85. The SMILES string of the molecule is COc1ccc(C)cc1-c1c(N)n[nH]c1CC1CCC1. The lowest BCUT2D eigenvalue weighted by Gasteiger charge is -2.25. The van der Waals surface area contributed by atoms with E-state index in [-0.39, 0.29) is 0 Å². The minimum Gasteiger partial charge on any atom is -0.496 e. The minimum absolute atomic E-state index is 0.559. The molecule has 0 amide bonds. The van der Waals surface area contributed by atoms with E-state index in [0.29, 0.717) is 5.82 Å². The number of nitrogens with two attached hydrogens (primary N) is 1. The Morgan fingerprint density at radius 2 is 2.20 bits per heavy atom. The number of benzene rings is 1. The number of hydrogen-bond acceptors (Lipinski definition) is 3. The Labute approximate surface area is 119 Å². The predicted molar refractivity (Wildman–Crippen MR) is 80.8 cm³/mol. The lowest BCUT2D eigenvalue weighted by atomic mass is 9.81. The molecule has 1 heterocycles. The Balaban J connectivity index is 2.04. The van der Waals surface area contributed by atoms with E-state index in [9.17, 15) is 0 Å². The molecule has 1 aliphatic carbocycles. The van der Waals surface area contributed by atoms with Gasteiger partial charge in [-0.05, 0) is 31.4 Å². The molecule has 0 spiro atoms. The number of nitrogen functional groups attached to an aromatic ring is 1. The average molecular weight is 271 g/mol. The first-order valence-electron chi connectivity index (χ1n) is 7.16. The van der Waals surface area contributed by atoms with Crippen molar-refractivity contribution in [2.75, 3.05) is 12.8 Å². The number of aromatic amines is 1. The van der Waals surface area contributed by atoms with E-state index in [4.69, 9.17) is 10.5 Å². The summed E-state index contributed by atoms with van der Waals surface area (Å²) in [5.74, 6) is 2.17. The zero-order valence-corrected chi connectivity index (χ0v) is 12.1. The second-order valence-electron chi connectivity index (χ2n) is 5.67. The van der Waals surface area contributed by atoms with Gasteiger partial charge in [-0.3, -0.25) is 5.10 Å². The number of anilines is 1. The highest BCUT2D eigenvalue weighted by atomic mass is 16.5. The van der Waals surface area contributed by atoms with E-state index in [1.165, 1.54) is 24.8 Å². The van der Waals surface area contributed by atoms with Crippen molar-refractivity contribution in [1.29, 1.82) is 0 Å². The van der Waals surface area contributed by atoms with Gasteiger partial charge in [-0.25, -0.2) is 0 Å². The van der Waals surface area contributed by atoms with Gasteiger partial charge in [-0.15, -0.1) is 0 Å². The van der Waals surface area contributed by atoms with Gasteiger partial charge in [0, 0.05) is 11.3 Å². The number of ether oxygens (including phenoxy) is 1. The molecule has 4 heteroatoms. The predicted octanol–water partition coefficient (Wildman–Crippen LogP) is 3.32. The van der Waals surface area contributed by atoms with Gasteiger partial charge in [-0.1, -0.05) is 30.9 Å². The summed E-state index contributed by atoms with van der Waals surface area (Å²) in [4.78, 5) is 0. The molecule has 1 aliphatic rings. The maximum Gasteiger partial charge on any atom is 0.153 e. The largest absolute Gasteiger partial charge is 0.496 e. The molecule has 1 aromatic heterocycles. The Bertz CT molecular complexity index is 614. The Hall–Kier alpha value is -1.97. The fourth-order valence-corrected chi connectivity index (χ4v) is 2.85. The van der Waals surface area contributed by atoms with E-state index in [0.717, 1.165) is 34.9 Å². The highest BCUT2D eigenvalue weighted by Crippen LogP contribution is 2.39.